The van der Waals surface area contributed by atoms with Gasteiger partial charge in [-0.3, -0.25) is 0 Å². The number of nitrogens with one attached hydrogen (secondary N) is 1. The Kier molecular flexibility index (Phi) is 10.3. The first-order chi connectivity index (χ1) is 19.0. The van der Waals surface area contributed by atoms with E-state index in [9.17, 15) is 4.79 Å². The first-order valence-corrected chi connectivity index (χ1v) is 22.2. The molecule has 205 valence electrons. The summed E-state index contributed by atoms with van der Waals surface area (Å²) < 4.78 is 4.13. The molecule has 1 aliphatic carbocycles. The zero-order valence-electron chi connectivity index (χ0n) is 23.4. The SMILES string of the molecule is Cc1cc(C)c(C(=O)[NH][Zr+2]([CH]2c3ccccc3-c3ccccc32)[SiH](c2ccccc2)c2ccccc2)c(C)c1.[Cl-].[Cl-]. The molecule has 2 nitrogen and oxygen atoms in total. The van der Waals surface area contributed by atoms with Gasteiger partial charge in [0.15, 0.2) is 0 Å². The van der Waals surface area contributed by atoms with Crippen molar-refractivity contribution in [2.24, 2.45) is 0 Å². The van der Waals surface area contributed by atoms with E-state index < -0.39 is 27.1 Å². The third kappa shape index (κ3) is 6.08. The molecule has 1 amide bonds. The summed E-state index contributed by atoms with van der Waals surface area (Å²) in [6.07, 6.45) is 0. The van der Waals surface area contributed by atoms with Crippen LogP contribution in [-0.4, -0.2) is 11.8 Å². The Hall–Kier alpha value is -2.75. The van der Waals surface area contributed by atoms with Crippen LogP contribution in [0.2, 0.25) is 0 Å². The molecule has 0 unspecified atom stereocenters. The van der Waals surface area contributed by atoms with E-state index >= 15 is 0 Å². The molecular formula is C35H32Cl2NOSiZr. The third-order valence-corrected chi connectivity index (χ3v) is 27.3. The minimum Gasteiger partial charge on any atom is -1.00 e. The van der Waals surface area contributed by atoms with E-state index in [4.69, 9.17) is 0 Å². The van der Waals surface area contributed by atoms with E-state index in [-0.39, 0.29) is 34.3 Å². The van der Waals surface area contributed by atoms with Crippen molar-refractivity contribution in [1.82, 2.24) is 3.26 Å². The van der Waals surface area contributed by atoms with Gasteiger partial charge in [-0.05, 0) is 0 Å². The molecule has 6 heteroatoms. The number of benzene rings is 5. The predicted octanol–water partition coefficient (Wildman–Crippen LogP) is 0.191. The number of carbonyl (C=O) groups is 1. The van der Waals surface area contributed by atoms with Gasteiger partial charge in [-0.1, -0.05) is 0 Å². The van der Waals surface area contributed by atoms with Gasteiger partial charge in [0, 0.05) is 0 Å². The molecule has 0 saturated carbocycles. The monoisotopic (exact) mass is 670 g/mol. The predicted molar refractivity (Wildman–Crippen MR) is 161 cm³/mol. The summed E-state index contributed by atoms with van der Waals surface area (Å²) in [6, 6.07) is 44.0. The van der Waals surface area contributed by atoms with Crippen LogP contribution in [0.15, 0.2) is 121 Å². The van der Waals surface area contributed by atoms with Crippen molar-refractivity contribution in [1.29, 1.82) is 0 Å². The summed E-state index contributed by atoms with van der Waals surface area (Å²) in [5.74, 6) is -1.69. The van der Waals surface area contributed by atoms with Crippen molar-refractivity contribution in [2.45, 2.75) is 24.4 Å². The van der Waals surface area contributed by atoms with Gasteiger partial charge in [0.1, 0.15) is 0 Å². The normalized spacial score (nSPS) is 11.6. The number of fused-ring (bicyclic) bond motifs is 3. The minimum absolute atomic E-state index is 0. The van der Waals surface area contributed by atoms with Gasteiger partial charge in [-0.25, -0.2) is 0 Å². The first-order valence-electron chi connectivity index (χ1n) is 13.6. The molecule has 0 saturated heterocycles. The van der Waals surface area contributed by atoms with Gasteiger partial charge in [0.2, 0.25) is 0 Å². The van der Waals surface area contributed by atoms with E-state index in [0.29, 0.717) is 0 Å². The van der Waals surface area contributed by atoms with Gasteiger partial charge in [-0.15, -0.1) is 0 Å². The van der Waals surface area contributed by atoms with Crippen molar-refractivity contribution >= 4 is 22.2 Å². The Balaban J connectivity index is 0.00000194. The Morgan fingerprint density at radius 1 is 0.634 bits per heavy atom. The maximum atomic E-state index is 14.3. The van der Waals surface area contributed by atoms with E-state index in [1.807, 2.05) is 0 Å². The summed E-state index contributed by atoms with van der Waals surface area (Å²) in [4.78, 5) is 14.3. The van der Waals surface area contributed by atoms with E-state index in [1.165, 1.54) is 38.2 Å². The van der Waals surface area contributed by atoms with Crippen LogP contribution >= 0.6 is 0 Å². The Bertz CT molecular complexity index is 1550. The maximum absolute atomic E-state index is 14.3. The molecule has 0 fully saturated rings. The summed E-state index contributed by atoms with van der Waals surface area (Å²) in [7, 11) is 0. The Labute approximate surface area is 264 Å². The van der Waals surface area contributed by atoms with Crippen LogP contribution in [0, 0.1) is 20.8 Å². The second-order valence-electron chi connectivity index (χ2n) is 10.5. The summed E-state index contributed by atoms with van der Waals surface area (Å²) in [5, 5.41) is 2.83. The van der Waals surface area contributed by atoms with E-state index in [1.54, 1.807) is 0 Å². The van der Waals surface area contributed by atoms with E-state index in [2.05, 4.69) is 145 Å². The number of hydrogen-bond donors (Lipinski definition) is 1. The van der Waals surface area contributed by atoms with Crippen LogP contribution in [0.5, 0.6) is 0 Å². The molecular weight excluding hydrogens is 641 g/mol. The molecule has 0 bridgehead atoms. The van der Waals surface area contributed by atoms with Crippen LogP contribution < -0.4 is 38.4 Å². The number of aryl methyl sites for hydroxylation is 3. The number of carbonyl (C=O) groups excluding carboxylic acids is 1. The van der Waals surface area contributed by atoms with Gasteiger partial charge in [0.05, 0.1) is 0 Å². The van der Waals surface area contributed by atoms with Crippen molar-refractivity contribution in [2.75, 3.05) is 0 Å². The second kappa shape index (κ2) is 13.5. The van der Waals surface area contributed by atoms with Crippen LogP contribution in [-0.2, 0) is 21.2 Å². The first kappa shape index (κ1) is 31.2. The fraction of sp³-hybridized carbons (Fsp3) is 0.114. The molecule has 0 heterocycles. The molecule has 0 spiro atoms. The van der Waals surface area contributed by atoms with Crippen molar-refractivity contribution in [3.8, 4) is 11.1 Å². The molecule has 5 aromatic carbocycles. The molecule has 0 radical (unpaired) electrons. The average Bonchev–Trinajstić information content (AvgIpc) is 3.28. The van der Waals surface area contributed by atoms with Crippen molar-refractivity contribution in [3.63, 3.8) is 0 Å². The number of rotatable bonds is 6. The zero-order valence-corrected chi connectivity index (χ0v) is 28.5. The van der Waals surface area contributed by atoms with Crippen LogP contribution in [0.25, 0.3) is 11.1 Å². The zero-order chi connectivity index (χ0) is 26.9. The summed E-state index contributed by atoms with van der Waals surface area (Å²) in [5.41, 5.74) is 9.55. The van der Waals surface area contributed by atoms with Crippen LogP contribution in [0.3, 0.4) is 0 Å². The van der Waals surface area contributed by atoms with Gasteiger partial charge in [-0.2, -0.15) is 0 Å². The second-order valence-corrected chi connectivity index (χ2v) is 25.0. The molecule has 1 aliphatic rings. The van der Waals surface area contributed by atoms with Gasteiger partial charge >= 0.3 is 242 Å². The third-order valence-electron chi connectivity index (χ3n) is 7.88. The van der Waals surface area contributed by atoms with Crippen molar-refractivity contribution < 1.29 is 50.8 Å². The number of halogens is 2. The largest absolute Gasteiger partial charge is 1.00 e. The maximum Gasteiger partial charge on any atom is -1.00 e. The standard InChI is InChI=1S/C13H9.C12H11Si.C10H13NO.2ClH.Zr/c1-3-7-12-10(5-1)9-11-6-2-4-8-13(11)12;1-3-7-11(8-4-1)13-12-9-5-2-6-10-12;1-6-4-7(2)9(10(11)12)8(3)5-6;;;/h1-9H;1-10,13H;4-5H,1-3H3,(H2,11,12);2*1H;/q;;;;;+3/p-3. The number of hydrogen-bond acceptors (Lipinski definition) is 1. The fourth-order valence-corrected chi connectivity index (χ4v) is 27.9. The summed E-state index contributed by atoms with van der Waals surface area (Å²) in [6.45, 7) is 6.24. The molecule has 41 heavy (non-hydrogen) atoms. The van der Waals surface area contributed by atoms with Crippen LogP contribution in [0.1, 0.15) is 41.8 Å². The fourth-order valence-electron chi connectivity index (χ4n) is 6.38. The average molecular weight is 673 g/mol. The van der Waals surface area contributed by atoms with E-state index in [0.717, 1.165) is 16.7 Å². The van der Waals surface area contributed by atoms with Crippen molar-refractivity contribution in [3.05, 3.63) is 155 Å². The number of amides is 1. The smallest absolute Gasteiger partial charge is 1.00 e. The molecule has 1 N–H and O–H groups in total. The summed E-state index contributed by atoms with van der Waals surface area (Å²) >= 11 is -2.90. The Morgan fingerprint density at radius 2 is 1.05 bits per heavy atom. The quantitative estimate of drug-likeness (QED) is 0.257. The molecule has 0 aromatic heterocycles. The molecule has 0 aliphatic heterocycles. The molecule has 5 aromatic rings. The topological polar surface area (TPSA) is 29.1 Å². The minimum atomic E-state index is -2.90. The van der Waals surface area contributed by atoms with Gasteiger partial charge < -0.3 is 24.8 Å². The van der Waals surface area contributed by atoms with Gasteiger partial charge in [0.25, 0.3) is 0 Å². The molecule has 6 rings (SSSR count). The van der Waals surface area contributed by atoms with Crippen LogP contribution in [0.4, 0.5) is 0 Å². The molecule has 0 atom stereocenters. The Morgan fingerprint density at radius 3 is 1.51 bits per heavy atom.